The van der Waals surface area contributed by atoms with Gasteiger partial charge in [-0.1, -0.05) is 0 Å². The minimum atomic E-state index is -1.54. The molecule has 0 radical (unpaired) electrons. The molecule has 1 saturated heterocycles. The van der Waals surface area contributed by atoms with E-state index >= 15 is 0 Å². The zero-order valence-electron chi connectivity index (χ0n) is 4.63. The number of hydrogen-bond acceptors (Lipinski definition) is 3. The van der Waals surface area contributed by atoms with Gasteiger partial charge in [0.05, 0.1) is 0 Å². The molecule has 0 aromatic carbocycles. The molecule has 0 amide bonds. The van der Waals surface area contributed by atoms with Crippen molar-refractivity contribution in [2.75, 3.05) is 13.2 Å². The molecule has 0 atom stereocenters. The number of rotatable bonds is 0. The van der Waals surface area contributed by atoms with Crippen LogP contribution in [-0.4, -0.2) is 29.2 Å². The van der Waals surface area contributed by atoms with Gasteiger partial charge in [-0.15, -0.1) is 0 Å². The van der Waals surface area contributed by atoms with Crippen LogP contribution in [0.2, 0.25) is 0 Å². The summed E-state index contributed by atoms with van der Waals surface area (Å²) >= 11 is 0. The van der Waals surface area contributed by atoms with Gasteiger partial charge in [-0.05, 0) is 6.42 Å². The first-order valence-electron chi connectivity index (χ1n) is 2.73. The molecule has 3 heteroatoms. The smallest absolute Gasteiger partial charge is 0.186 e. The molecule has 1 heterocycles. The summed E-state index contributed by atoms with van der Waals surface area (Å²) in [4.78, 5) is 0. The van der Waals surface area contributed by atoms with Gasteiger partial charge >= 0.3 is 0 Å². The van der Waals surface area contributed by atoms with Crippen LogP contribution in [0.4, 0.5) is 0 Å². The van der Waals surface area contributed by atoms with E-state index in [1.54, 1.807) is 0 Å². The molecule has 0 aromatic rings. The predicted molar refractivity (Wildman–Crippen MR) is 27.2 cm³/mol. The summed E-state index contributed by atoms with van der Waals surface area (Å²) in [5.41, 5.74) is 0. The third-order valence-corrected chi connectivity index (χ3v) is 1.20. The van der Waals surface area contributed by atoms with Crippen molar-refractivity contribution in [3.63, 3.8) is 0 Å². The lowest BCUT2D eigenvalue weighted by molar-refractivity contribution is -0.221. The molecule has 0 aromatic heterocycles. The minimum Gasteiger partial charge on any atom is -0.376 e. The van der Waals surface area contributed by atoms with Gasteiger partial charge in [0, 0.05) is 13.0 Å². The first kappa shape index (κ1) is 6.01. The van der Waals surface area contributed by atoms with E-state index < -0.39 is 5.79 Å². The highest BCUT2D eigenvalue weighted by Crippen LogP contribution is 2.14. The Morgan fingerprint density at radius 1 is 1.38 bits per heavy atom. The average molecular weight is 118 g/mol. The molecule has 0 bridgehead atoms. The number of ether oxygens (including phenoxy) is 1. The highest BCUT2D eigenvalue weighted by molar-refractivity contribution is 4.66. The molecule has 1 aliphatic heterocycles. The van der Waals surface area contributed by atoms with Crippen LogP contribution in [0.25, 0.3) is 0 Å². The zero-order chi connectivity index (χ0) is 6.04. The van der Waals surface area contributed by atoms with E-state index in [9.17, 15) is 0 Å². The third kappa shape index (κ3) is 1.43. The number of aliphatic hydroxyl groups is 2. The van der Waals surface area contributed by atoms with Crippen molar-refractivity contribution < 1.29 is 14.9 Å². The summed E-state index contributed by atoms with van der Waals surface area (Å²) in [5.74, 6) is -1.54. The standard InChI is InChI=1S/C5H10O3/c6-5(7)2-1-3-8-4-5/h6-7H,1-4H2. The van der Waals surface area contributed by atoms with E-state index in [1.165, 1.54) is 0 Å². The fraction of sp³-hybridized carbons (Fsp3) is 1.00. The van der Waals surface area contributed by atoms with Gasteiger partial charge in [0.2, 0.25) is 0 Å². The fourth-order valence-corrected chi connectivity index (χ4v) is 0.765. The quantitative estimate of drug-likeness (QED) is 0.421. The van der Waals surface area contributed by atoms with E-state index in [0.717, 1.165) is 6.42 Å². The monoisotopic (exact) mass is 118 g/mol. The highest BCUT2D eigenvalue weighted by atomic mass is 16.6. The second kappa shape index (κ2) is 2.01. The Balaban J connectivity index is 2.33. The van der Waals surface area contributed by atoms with Gasteiger partial charge in [0.15, 0.2) is 5.79 Å². The SMILES string of the molecule is OC1(O)CCCOC1. The average Bonchev–Trinajstić information content (AvgIpc) is 1.65. The topological polar surface area (TPSA) is 49.7 Å². The van der Waals surface area contributed by atoms with Crippen LogP contribution in [0, 0.1) is 0 Å². The zero-order valence-corrected chi connectivity index (χ0v) is 4.63. The molecular weight excluding hydrogens is 108 g/mol. The fourth-order valence-electron chi connectivity index (χ4n) is 0.765. The van der Waals surface area contributed by atoms with Gasteiger partial charge < -0.3 is 14.9 Å². The lowest BCUT2D eigenvalue weighted by atomic mass is 10.1. The Morgan fingerprint density at radius 2 is 2.12 bits per heavy atom. The third-order valence-electron chi connectivity index (χ3n) is 1.20. The van der Waals surface area contributed by atoms with Crippen molar-refractivity contribution in [2.24, 2.45) is 0 Å². The Kier molecular flexibility index (Phi) is 1.51. The van der Waals surface area contributed by atoms with Crippen molar-refractivity contribution in [3.05, 3.63) is 0 Å². The first-order chi connectivity index (χ1) is 3.71. The Bertz CT molecular complexity index is 71.7. The lowest BCUT2D eigenvalue weighted by Crippen LogP contribution is -2.37. The van der Waals surface area contributed by atoms with Crippen LogP contribution < -0.4 is 0 Å². The minimum absolute atomic E-state index is 0.0625. The van der Waals surface area contributed by atoms with E-state index in [4.69, 9.17) is 14.9 Å². The highest BCUT2D eigenvalue weighted by Gasteiger charge is 2.25. The first-order valence-corrected chi connectivity index (χ1v) is 2.73. The van der Waals surface area contributed by atoms with Crippen molar-refractivity contribution >= 4 is 0 Å². The molecule has 48 valence electrons. The Morgan fingerprint density at radius 3 is 2.38 bits per heavy atom. The molecule has 1 aliphatic rings. The molecule has 8 heavy (non-hydrogen) atoms. The maximum atomic E-state index is 8.80. The summed E-state index contributed by atoms with van der Waals surface area (Å²) in [6.07, 6.45) is 1.18. The summed E-state index contributed by atoms with van der Waals surface area (Å²) in [7, 11) is 0. The van der Waals surface area contributed by atoms with E-state index in [1.807, 2.05) is 0 Å². The van der Waals surface area contributed by atoms with Gasteiger partial charge in [-0.2, -0.15) is 0 Å². The van der Waals surface area contributed by atoms with Crippen molar-refractivity contribution in [3.8, 4) is 0 Å². The molecule has 1 rings (SSSR count). The van der Waals surface area contributed by atoms with Gasteiger partial charge in [0.1, 0.15) is 6.61 Å². The van der Waals surface area contributed by atoms with Gasteiger partial charge in [0.25, 0.3) is 0 Å². The second-order valence-electron chi connectivity index (χ2n) is 2.14. The molecule has 0 spiro atoms. The largest absolute Gasteiger partial charge is 0.376 e. The van der Waals surface area contributed by atoms with Crippen LogP contribution in [0.3, 0.4) is 0 Å². The summed E-state index contributed by atoms with van der Waals surface area (Å²) in [5, 5.41) is 17.6. The van der Waals surface area contributed by atoms with Crippen LogP contribution in [0.15, 0.2) is 0 Å². The van der Waals surface area contributed by atoms with Crippen LogP contribution in [0.1, 0.15) is 12.8 Å². The summed E-state index contributed by atoms with van der Waals surface area (Å²) in [6.45, 7) is 0.718. The summed E-state index contributed by atoms with van der Waals surface area (Å²) in [6, 6.07) is 0. The Labute approximate surface area is 47.9 Å². The van der Waals surface area contributed by atoms with E-state index in [2.05, 4.69) is 0 Å². The predicted octanol–water partition coefficient (Wildman–Crippen LogP) is -0.522. The molecule has 0 saturated carbocycles. The van der Waals surface area contributed by atoms with E-state index in [0.29, 0.717) is 13.0 Å². The maximum absolute atomic E-state index is 8.80. The van der Waals surface area contributed by atoms with Crippen molar-refractivity contribution in [1.82, 2.24) is 0 Å². The molecule has 3 nitrogen and oxygen atoms in total. The molecule has 0 aliphatic carbocycles. The molecule has 2 N–H and O–H groups in total. The molecular formula is C5H10O3. The maximum Gasteiger partial charge on any atom is 0.186 e. The van der Waals surface area contributed by atoms with Crippen LogP contribution in [-0.2, 0) is 4.74 Å². The molecule has 0 unspecified atom stereocenters. The second-order valence-corrected chi connectivity index (χ2v) is 2.14. The number of hydrogen-bond donors (Lipinski definition) is 2. The normalized spacial score (nSPS) is 27.8. The van der Waals surface area contributed by atoms with Gasteiger partial charge in [-0.3, -0.25) is 0 Å². The van der Waals surface area contributed by atoms with Gasteiger partial charge in [-0.25, -0.2) is 0 Å². The Hall–Kier alpha value is -0.120. The van der Waals surface area contributed by atoms with Crippen LogP contribution >= 0.6 is 0 Å². The lowest BCUT2D eigenvalue weighted by Gasteiger charge is -2.25. The van der Waals surface area contributed by atoms with E-state index in [-0.39, 0.29) is 6.61 Å². The summed E-state index contributed by atoms with van der Waals surface area (Å²) < 4.78 is 4.78. The molecule has 1 fully saturated rings. The van der Waals surface area contributed by atoms with Crippen molar-refractivity contribution in [2.45, 2.75) is 18.6 Å². The van der Waals surface area contributed by atoms with Crippen LogP contribution in [0.5, 0.6) is 0 Å². The van der Waals surface area contributed by atoms with Crippen molar-refractivity contribution in [1.29, 1.82) is 0 Å².